The lowest BCUT2D eigenvalue weighted by molar-refractivity contribution is -0.137. The average Bonchev–Trinajstić information content (AvgIpc) is 2.70. The molecule has 0 fully saturated rings. The van der Waals surface area contributed by atoms with E-state index in [1.54, 1.807) is 11.9 Å². The molecule has 0 radical (unpaired) electrons. The quantitative estimate of drug-likeness (QED) is 0.790. The van der Waals surface area contributed by atoms with E-state index in [1.807, 2.05) is 32.2 Å². The van der Waals surface area contributed by atoms with Crippen molar-refractivity contribution in [2.24, 2.45) is 11.8 Å². The number of aliphatic hydroxyl groups is 1. The van der Waals surface area contributed by atoms with Crippen LogP contribution in [-0.4, -0.2) is 34.6 Å². The smallest absolute Gasteiger partial charge is 0.228 e. The van der Waals surface area contributed by atoms with Crippen molar-refractivity contribution in [3.8, 4) is 0 Å². The van der Waals surface area contributed by atoms with E-state index in [1.165, 1.54) is 0 Å². The second-order valence-electron chi connectivity index (χ2n) is 4.42. The van der Waals surface area contributed by atoms with Crippen LogP contribution in [0.4, 0.5) is 0 Å². The van der Waals surface area contributed by atoms with Gasteiger partial charge >= 0.3 is 0 Å². The van der Waals surface area contributed by atoms with E-state index in [0.29, 0.717) is 6.54 Å². The Morgan fingerprint density at radius 2 is 2.25 bits per heavy atom. The molecule has 1 atom stereocenters. The molecule has 1 rings (SSSR count). The van der Waals surface area contributed by atoms with Gasteiger partial charge in [0.05, 0.1) is 19.1 Å². The topological polar surface area (TPSA) is 56.3 Å². The van der Waals surface area contributed by atoms with Crippen LogP contribution in [0.25, 0.3) is 0 Å². The molecular formula is C12H20N2O2. The molecule has 1 unspecified atom stereocenters. The van der Waals surface area contributed by atoms with Crippen molar-refractivity contribution in [3.63, 3.8) is 0 Å². The molecular weight excluding hydrogens is 204 g/mol. The van der Waals surface area contributed by atoms with E-state index in [9.17, 15) is 9.90 Å². The fourth-order valence-corrected chi connectivity index (χ4v) is 1.66. The minimum absolute atomic E-state index is 0.00731. The summed E-state index contributed by atoms with van der Waals surface area (Å²) in [6.07, 6.45) is 1.83. The fraction of sp³-hybridized carbons (Fsp3) is 0.583. The summed E-state index contributed by atoms with van der Waals surface area (Å²) in [4.78, 5) is 16.7. The highest BCUT2D eigenvalue weighted by atomic mass is 16.3. The van der Waals surface area contributed by atoms with E-state index < -0.39 is 0 Å². The fourth-order valence-electron chi connectivity index (χ4n) is 1.66. The molecule has 0 aromatic carbocycles. The van der Waals surface area contributed by atoms with Crippen LogP contribution in [0.2, 0.25) is 0 Å². The molecule has 4 heteroatoms. The van der Waals surface area contributed by atoms with Crippen LogP contribution in [0.5, 0.6) is 0 Å². The number of rotatable bonds is 5. The molecule has 0 bridgehead atoms. The van der Waals surface area contributed by atoms with Crippen LogP contribution in [0.1, 0.15) is 19.5 Å². The summed E-state index contributed by atoms with van der Waals surface area (Å²) < 4.78 is 0. The summed E-state index contributed by atoms with van der Waals surface area (Å²) in [5.41, 5.74) is 0.997. The van der Waals surface area contributed by atoms with Gasteiger partial charge in [-0.3, -0.25) is 4.79 Å². The number of hydrogen-bond donors (Lipinski definition) is 2. The van der Waals surface area contributed by atoms with Gasteiger partial charge in [-0.1, -0.05) is 13.8 Å². The minimum Gasteiger partial charge on any atom is -0.396 e. The highest BCUT2D eigenvalue weighted by Gasteiger charge is 2.24. The Morgan fingerprint density at radius 3 is 2.69 bits per heavy atom. The number of carbonyl (C=O) groups excluding carboxylic acids is 1. The summed E-state index contributed by atoms with van der Waals surface area (Å²) in [5, 5.41) is 9.19. The van der Waals surface area contributed by atoms with Crippen LogP contribution < -0.4 is 0 Å². The third kappa shape index (κ3) is 3.10. The third-order valence-electron chi connectivity index (χ3n) is 2.76. The van der Waals surface area contributed by atoms with Crippen molar-refractivity contribution >= 4 is 5.91 Å². The van der Waals surface area contributed by atoms with Crippen molar-refractivity contribution in [2.75, 3.05) is 13.7 Å². The second-order valence-corrected chi connectivity index (χ2v) is 4.42. The normalized spacial score (nSPS) is 12.8. The molecule has 0 aliphatic rings. The van der Waals surface area contributed by atoms with Gasteiger partial charge in [-0.05, 0) is 18.1 Å². The van der Waals surface area contributed by atoms with Gasteiger partial charge < -0.3 is 15.0 Å². The molecule has 0 aliphatic heterocycles. The van der Waals surface area contributed by atoms with Crippen molar-refractivity contribution < 1.29 is 9.90 Å². The first kappa shape index (κ1) is 12.8. The largest absolute Gasteiger partial charge is 0.396 e. The summed E-state index contributed by atoms with van der Waals surface area (Å²) in [6.45, 7) is 4.35. The summed E-state index contributed by atoms with van der Waals surface area (Å²) in [7, 11) is 1.76. The lowest BCUT2D eigenvalue weighted by atomic mass is 9.95. The molecule has 0 saturated carbocycles. The molecule has 0 spiro atoms. The maximum atomic E-state index is 12.0. The molecule has 2 N–H and O–H groups in total. The van der Waals surface area contributed by atoms with Crippen LogP contribution in [0, 0.1) is 11.8 Å². The van der Waals surface area contributed by atoms with Gasteiger partial charge in [0.25, 0.3) is 0 Å². The maximum Gasteiger partial charge on any atom is 0.228 e. The van der Waals surface area contributed by atoms with Crippen molar-refractivity contribution in [2.45, 2.75) is 20.4 Å². The van der Waals surface area contributed by atoms with E-state index in [4.69, 9.17) is 0 Å². The molecule has 16 heavy (non-hydrogen) atoms. The standard InChI is InChI=1S/C12H20N2O2/c1-9(2)11(8-15)12(16)14(3)7-10-5-4-6-13-10/h4-6,9,11,13,15H,7-8H2,1-3H3. The molecule has 1 aromatic rings. The molecule has 0 saturated heterocycles. The molecule has 4 nitrogen and oxygen atoms in total. The van der Waals surface area contributed by atoms with E-state index in [0.717, 1.165) is 5.69 Å². The first-order valence-electron chi connectivity index (χ1n) is 5.54. The summed E-state index contributed by atoms with van der Waals surface area (Å²) >= 11 is 0. The van der Waals surface area contributed by atoms with Crippen molar-refractivity contribution in [3.05, 3.63) is 24.0 Å². The molecule has 1 aromatic heterocycles. The highest BCUT2D eigenvalue weighted by Crippen LogP contribution is 2.14. The third-order valence-corrected chi connectivity index (χ3v) is 2.76. The van der Waals surface area contributed by atoms with E-state index >= 15 is 0 Å². The zero-order chi connectivity index (χ0) is 12.1. The van der Waals surface area contributed by atoms with Gasteiger partial charge in [-0.15, -0.1) is 0 Å². The van der Waals surface area contributed by atoms with Gasteiger partial charge in [0, 0.05) is 18.9 Å². The van der Waals surface area contributed by atoms with Gasteiger partial charge in [0.15, 0.2) is 0 Å². The Balaban J connectivity index is 2.59. The molecule has 1 heterocycles. The first-order chi connectivity index (χ1) is 7.56. The van der Waals surface area contributed by atoms with Crippen LogP contribution in [0.15, 0.2) is 18.3 Å². The Kier molecular flexibility index (Phi) is 4.55. The summed E-state index contributed by atoms with van der Waals surface area (Å²) in [6, 6.07) is 3.84. The number of carbonyl (C=O) groups is 1. The van der Waals surface area contributed by atoms with E-state index in [-0.39, 0.29) is 24.3 Å². The number of nitrogens with zero attached hydrogens (tertiary/aromatic N) is 1. The Morgan fingerprint density at radius 1 is 1.56 bits per heavy atom. The number of amides is 1. The predicted molar refractivity (Wildman–Crippen MR) is 62.7 cm³/mol. The van der Waals surface area contributed by atoms with Crippen molar-refractivity contribution in [1.82, 2.24) is 9.88 Å². The van der Waals surface area contributed by atoms with Gasteiger partial charge in [-0.2, -0.15) is 0 Å². The lowest BCUT2D eigenvalue weighted by Crippen LogP contribution is -2.36. The predicted octanol–water partition coefficient (Wildman–Crippen LogP) is 1.24. The number of aromatic amines is 1. The Hall–Kier alpha value is -1.29. The zero-order valence-corrected chi connectivity index (χ0v) is 10.1. The molecule has 1 amide bonds. The second kappa shape index (κ2) is 5.70. The SMILES string of the molecule is CC(C)C(CO)C(=O)N(C)Cc1ccc[nH]1. The highest BCUT2D eigenvalue weighted by molar-refractivity contribution is 5.78. The van der Waals surface area contributed by atoms with Gasteiger partial charge in [0.2, 0.25) is 5.91 Å². The number of aliphatic hydroxyl groups excluding tert-OH is 1. The van der Waals surface area contributed by atoms with Crippen LogP contribution in [-0.2, 0) is 11.3 Å². The summed E-state index contributed by atoms with van der Waals surface area (Å²) in [5.74, 6) is -0.157. The number of nitrogens with one attached hydrogen (secondary N) is 1. The van der Waals surface area contributed by atoms with Gasteiger partial charge in [-0.25, -0.2) is 0 Å². The average molecular weight is 224 g/mol. The minimum atomic E-state index is -0.306. The monoisotopic (exact) mass is 224 g/mol. The zero-order valence-electron chi connectivity index (χ0n) is 10.1. The molecule has 0 aliphatic carbocycles. The number of aromatic nitrogens is 1. The molecule has 90 valence electrons. The van der Waals surface area contributed by atoms with Gasteiger partial charge in [0.1, 0.15) is 0 Å². The number of H-pyrrole nitrogens is 1. The Labute approximate surface area is 96.3 Å². The first-order valence-corrected chi connectivity index (χ1v) is 5.54. The lowest BCUT2D eigenvalue weighted by Gasteiger charge is -2.24. The van der Waals surface area contributed by atoms with Crippen molar-refractivity contribution in [1.29, 1.82) is 0 Å². The van der Waals surface area contributed by atoms with E-state index in [2.05, 4.69) is 4.98 Å². The van der Waals surface area contributed by atoms with Crippen LogP contribution >= 0.6 is 0 Å². The Bertz CT molecular complexity index is 320. The maximum absolute atomic E-state index is 12.0. The number of hydrogen-bond acceptors (Lipinski definition) is 2. The van der Waals surface area contributed by atoms with Crippen LogP contribution in [0.3, 0.4) is 0 Å².